The smallest absolute Gasteiger partial charge is 0.178 e. The molecule has 3 aliphatic rings. The van der Waals surface area contributed by atoms with E-state index < -0.39 is 22.0 Å². The third-order valence-corrected chi connectivity index (χ3v) is 11.0. The maximum Gasteiger partial charge on any atom is 0.178 e. The second-order valence-corrected chi connectivity index (χ2v) is 13.7. The minimum Gasteiger partial charge on any atom is -0.393 e. The van der Waals surface area contributed by atoms with Gasteiger partial charge in [-0.2, -0.15) is 0 Å². The molecule has 3 saturated carbocycles. The van der Waals surface area contributed by atoms with E-state index >= 15 is 0 Å². The molecule has 4 rings (SSSR count). The van der Waals surface area contributed by atoms with Crippen LogP contribution in [0.1, 0.15) is 65.2 Å². The highest BCUT2D eigenvalue weighted by Crippen LogP contribution is 2.59. The van der Waals surface area contributed by atoms with Crippen molar-refractivity contribution < 1.29 is 18.6 Å². The first-order chi connectivity index (χ1) is 16.5. The molecule has 0 bridgehead atoms. The average Bonchev–Trinajstić information content (AvgIpc) is 3.17. The molecular weight excluding hydrogens is 480 g/mol. The summed E-state index contributed by atoms with van der Waals surface area (Å²) in [6.45, 7) is 8.68. The number of fused-ring (bicyclic) bond motifs is 1. The van der Waals surface area contributed by atoms with Crippen LogP contribution in [0, 0.1) is 23.2 Å². The Labute approximate surface area is 215 Å². The van der Waals surface area contributed by atoms with Crippen molar-refractivity contribution in [1.82, 2.24) is 0 Å². The molecule has 0 aromatic heterocycles. The number of hydrogen-bond acceptors (Lipinski definition) is 4. The third kappa shape index (κ3) is 5.64. The summed E-state index contributed by atoms with van der Waals surface area (Å²) in [5.41, 5.74) is 3.31. The van der Waals surface area contributed by atoms with Crippen molar-refractivity contribution in [3.8, 4) is 0 Å². The number of allylic oxidation sites excluding steroid dienone is 3. The summed E-state index contributed by atoms with van der Waals surface area (Å²) in [6, 6.07) is 6.47. The fourth-order valence-corrected chi connectivity index (χ4v) is 8.58. The molecule has 3 aliphatic carbocycles. The quantitative estimate of drug-likeness (QED) is 0.464. The first-order valence-electron chi connectivity index (χ1n) is 12.9. The summed E-state index contributed by atoms with van der Waals surface area (Å²) in [6.07, 6.45) is 10.3. The zero-order valence-electron chi connectivity index (χ0n) is 20.9. The largest absolute Gasteiger partial charge is 0.393 e. The minimum atomic E-state index is -3.32. The van der Waals surface area contributed by atoms with Gasteiger partial charge in [-0.3, -0.25) is 0 Å². The molecule has 6 heteroatoms. The van der Waals surface area contributed by atoms with E-state index in [1.165, 1.54) is 12.0 Å². The van der Waals surface area contributed by atoms with Crippen molar-refractivity contribution in [2.24, 2.45) is 23.2 Å². The number of aliphatic hydroxyl groups excluding tert-OH is 2. The predicted octanol–water partition coefficient (Wildman–Crippen LogP) is 6.28. The van der Waals surface area contributed by atoms with Crippen LogP contribution in [-0.4, -0.2) is 36.6 Å². The van der Waals surface area contributed by atoms with Crippen molar-refractivity contribution in [3.05, 3.63) is 64.7 Å². The van der Waals surface area contributed by atoms with Crippen LogP contribution in [0.5, 0.6) is 0 Å². The lowest BCUT2D eigenvalue weighted by Crippen LogP contribution is -2.36. The van der Waals surface area contributed by atoms with Gasteiger partial charge in [0.15, 0.2) is 9.84 Å². The van der Waals surface area contributed by atoms with Gasteiger partial charge >= 0.3 is 0 Å². The molecular formula is C29H39ClO4S. The molecule has 192 valence electrons. The van der Waals surface area contributed by atoms with Gasteiger partial charge < -0.3 is 10.2 Å². The van der Waals surface area contributed by atoms with Crippen LogP contribution in [0.25, 0.3) is 0 Å². The van der Waals surface area contributed by atoms with Gasteiger partial charge in [0.2, 0.25) is 0 Å². The molecule has 6 atom stereocenters. The highest BCUT2D eigenvalue weighted by atomic mass is 35.5. The number of aliphatic hydroxyl groups is 2. The van der Waals surface area contributed by atoms with E-state index in [-0.39, 0.29) is 11.2 Å². The summed E-state index contributed by atoms with van der Waals surface area (Å²) >= 11 is 5.92. The molecule has 35 heavy (non-hydrogen) atoms. The number of hydrogen-bond donors (Lipinski definition) is 2. The Balaban J connectivity index is 1.45. The SMILES string of the molecule is C=C1/C(=C\C=C2/CCC[C@]3(C)[C@@H]([C@H](C)CCS(=O)(=O)c4ccc(Cl)cc4)CC[C@@H]23)C[C@@H](O)C[C@@H]1O. The summed E-state index contributed by atoms with van der Waals surface area (Å²) in [5, 5.41) is 20.8. The molecule has 0 aliphatic heterocycles. The number of halogens is 1. The van der Waals surface area contributed by atoms with Crippen molar-refractivity contribution in [2.45, 2.75) is 82.3 Å². The van der Waals surface area contributed by atoms with Crippen molar-refractivity contribution in [2.75, 3.05) is 5.75 Å². The van der Waals surface area contributed by atoms with Crippen LogP contribution in [0.4, 0.5) is 0 Å². The van der Waals surface area contributed by atoms with Crippen LogP contribution in [0.15, 0.2) is 64.6 Å². The molecule has 0 amide bonds. The number of rotatable bonds is 6. The summed E-state index contributed by atoms with van der Waals surface area (Å²) in [7, 11) is -3.32. The first-order valence-corrected chi connectivity index (χ1v) is 15.0. The Morgan fingerprint density at radius 3 is 2.63 bits per heavy atom. The van der Waals surface area contributed by atoms with E-state index in [1.54, 1.807) is 24.3 Å². The van der Waals surface area contributed by atoms with Gasteiger partial charge in [-0.25, -0.2) is 8.42 Å². The molecule has 1 aromatic rings. The summed E-state index contributed by atoms with van der Waals surface area (Å²) in [5.74, 6) is 1.49. The number of benzene rings is 1. The molecule has 0 unspecified atom stereocenters. The lowest BCUT2D eigenvalue weighted by molar-refractivity contribution is 0.0861. The molecule has 4 nitrogen and oxygen atoms in total. The van der Waals surface area contributed by atoms with Crippen molar-refractivity contribution in [3.63, 3.8) is 0 Å². The normalized spacial score (nSPS) is 34.8. The zero-order valence-corrected chi connectivity index (χ0v) is 22.5. The van der Waals surface area contributed by atoms with Gasteiger partial charge in [0, 0.05) is 11.4 Å². The Hall–Kier alpha value is -1.40. The van der Waals surface area contributed by atoms with Crippen molar-refractivity contribution >= 4 is 21.4 Å². The van der Waals surface area contributed by atoms with Gasteiger partial charge in [-0.05, 0) is 104 Å². The topological polar surface area (TPSA) is 74.6 Å². The van der Waals surface area contributed by atoms with Gasteiger partial charge in [0.25, 0.3) is 0 Å². The Bertz CT molecular complexity index is 1100. The number of sulfone groups is 1. The molecule has 0 spiro atoms. The van der Waals surface area contributed by atoms with Crippen LogP contribution >= 0.6 is 11.6 Å². The Kier molecular flexibility index (Phi) is 8.02. The molecule has 2 N–H and O–H groups in total. The standard InChI is InChI=1S/C29H39ClO4S/c1-19(14-16-35(33,34)25-10-8-23(30)9-11-25)26-12-13-27-21(5-4-15-29(26,27)3)6-7-22-17-24(31)18-28(32)20(22)2/h6-11,19,24,26-28,31-32H,2,4-5,12-18H2,1,3H3/b21-6+,22-7-/t19-,24-,26-,27+,28+,29-/m1/s1. The third-order valence-electron chi connectivity index (χ3n) is 9.00. The maximum absolute atomic E-state index is 12.9. The van der Waals surface area contributed by atoms with Crippen LogP contribution in [0.2, 0.25) is 5.02 Å². The van der Waals surface area contributed by atoms with Crippen molar-refractivity contribution in [1.29, 1.82) is 0 Å². The van der Waals surface area contributed by atoms with Gasteiger partial charge in [0.05, 0.1) is 22.9 Å². The fourth-order valence-electron chi connectivity index (χ4n) is 6.98. The van der Waals surface area contributed by atoms with E-state index in [1.807, 2.05) is 0 Å². The monoisotopic (exact) mass is 518 g/mol. The van der Waals surface area contributed by atoms with Gasteiger partial charge in [-0.1, -0.05) is 49.8 Å². The van der Waals surface area contributed by atoms with Gasteiger partial charge in [0.1, 0.15) is 0 Å². The summed E-state index contributed by atoms with van der Waals surface area (Å²) in [4.78, 5) is 0.347. The predicted molar refractivity (Wildman–Crippen MR) is 142 cm³/mol. The van der Waals surface area contributed by atoms with E-state index in [4.69, 9.17) is 11.6 Å². The molecule has 3 fully saturated rings. The zero-order chi connectivity index (χ0) is 25.4. The highest BCUT2D eigenvalue weighted by Gasteiger charge is 2.50. The fraction of sp³-hybridized carbons (Fsp3) is 0.586. The van der Waals surface area contributed by atoms with E-state index in [0.717, 1.165) is 36.8 Å². The van der Waals surface area contributed by atoms with E-state index in [9.17, 15) is 18.6 Å². The van der Waals surface area contributed by atoms with E-state index in [2.05, 4.69) is 32.6 Å². The Morgan fingerprint density at radius 1 is 1.20 bits per heavy atom. The highest BCUT2D eigenvalue weighted by molar-refractivity contribution is 7.91. The Morgan fingerprint density at radius 2 is 1.91 bits per heavy atom. The average molecular weight is 519 g/mol. The van der Waals surface area contributed by atoms with Gasteiger partial charge in [-0.15, -0.1) is 0 Å². The summed E-state index contributed by atoms with van der Waals surface area (Å²) < 4.78 is 25.8. The second-order valence-electron chi connectivity index (χ2n) is 11.2. The maximum atomic E-state index is 12.9. The van der Waals surface area contributed by atoms with E-state index in [0.29, 0.717) is 46.9 Å². The lowest BCUT2D eigenvalue weighted by Gasteiger charge is -2.44. The second kappa shape index (κ2) is 10.5. The molecule has 0 heterocycles. The molecule has 1 aromatic carbocycles. The van der Waals surface area contributed by atoms with Crippen LogP contribution in [-0.2, 0) is 9.84 Å². The van der Waals surface area contributed by atoms with Crippen LogP contribution in [0.3, 0.4) is 0 Å². The van der Waals surface area contributed by atoms with Crippen LogP contribution < -0.4 is 0 Å². The molecule has 0 radical (unpaired) electrons. The minimum absolute atomic E-state index is 0.161. The first kappa shape index (κ1) is 26.7. The molecule has 0 saturated heterocycles. The lowest BCUT2D eigenvalue weighted by atomic mass is 9.61.